The van der Waals surface area contributed by atoms with Crippen LogP contribution in [-0.2, 0) is 0 Å². The third-order valence-electron chi connectivity index (χ3n) is 3.56. The second-order valence-corrected chi connectivity index (χ2v) is 6.60. The molecule has 0 amide bonds. The van der Waals surface area contributed by atoms with Crippen LogP contribution in [0.5, 0.6) is 17.2 Å². The Morgan fingerprint density at radius 1 is 1.16 bits per heavy atom. The highest BCUT2D eigenvalue weighted by atomic mass is 35.5. The van der Waals surface area contributed by atoms with Crippen LogP contribution in [0.2, 0.25) is 0 Å². The average molecular weight is 376 g/mol. The van der Waals surface area contributed by atoms with Crippen LogP contribution in [0.4, 0.5) is 0 Å². The molecule has 0 bridgehead atoms. The number of para-hydroxylation sites is 1. The first kappa shape index (κ1) is 17.6. The molecule has 3 aromatic rings. The van der Waals surface area contributed by atoms with Gasteiger partial charge in [-0.2, -0.15) is 0 Å². The van der Waals surface area contributed by atoms with Crippen molar-refractivity contribution in [2.45, 2.75) is 6.92 Å². The summed E-state index contributed by atoms with van der Waals surface area (Å²) < 4.78 is 17.6. The average Bonchev–Trinajstić information content (AvgIpc) is 3.07. The number of hydrogen-bond acceptors (Lipinski definition) is 5. The predicted molar refractivity (Wildman–Crippen MR) is 104 cm³/mol. The monoisotopic (exact) mass is 375 g/mol. The smallest absolute Gasteiger partial charge is 0.203 e. The number of hydrogen-bond donors (Lipinski definition) is 0. The molecule has 0 aliphatic heterocycles. The minimum atomic E-state index is 0.522. The molecule has 0 atom stereocenters. The molecule has 4 nitrogen and oxygen atoms in total. The number of rotatable bonds is 6. The molecule has 6 heteroatoms. The van der Waals surface area contributed by atoms with Gasteiger partial charge >= 0.3 is 0 Å². The molecule has 0 fully saturated rings. The zero-order valence-electron chi connectivity index (χ0n) is 14.2. The fourth-order valence-corrected chi connectivity index (χ4v) is 3.61. The number of methoxy groups -OCH3 is 2. The van der Waals surface area contributed by atoms with Crippen molar-refractivity contribution in [2.75, 3.05) is 20.8 Å². The fourth-order valence-electron chi connectivity index (χ4n) is 2.45. The Kier molecular flexibility index (Phi) is 5.46. The van der Waals surface area contributed by atoms with Gasteiger partial charge in [-0.1, -0.05) is 23.7 Å². The summed E-state index contributed by atoms with van der Waals surface area (Å²) in [6, 6.07) is 11.7. The van der Waals surface area contributed by atoms with Gasteiger partial charge in [-0.15, -0.1) is 11.3 Å². The van der Waals surface area contributed by atoms with Gasteiger partial charge in [0.1, 0.15) is 5.01 Å². The van der Waals surface area contributed by atoms with Crippen LogP contribution in [0.1, 0.15) is 17.5 Å². The molecule has 0 saturated carbocycles. The molecule has 0 aliphatic rings. The van der Waals surface area contributed by atoms with E-state index in [1.54, 1.807) is 25.6 Å². The van der Waals surface area contributed by atoms with E-state index in [1.807, 2.05) is 49.4 Å². The first-order chi connectivity index (χ1) is 12.2. The van der Waals surface area contributed by atoms with E-state index < -0.39 is 0 Å². The molecule has 1 heterocycles. The van der Waals surface area contributed by atoms with Gasteiger partial charge in [0.05, 0.1) is 36.1 Å². The molecule has 0 aliphatic carbocycles. The number of benzene rings is 2. The van der Waals surface area contributed by atoms with E-state index in [2.05, 4.69) is 4.98 Å². The van der Waals surface area contributed by atoms with Gasteiger partial charge in [0, 0.05) is 0 Å². The van der Waals surface area contributed by atoms with Gasteiger partial charge in [0.15, 0.2) is 11.5 Å². The van der Waals surface area contributed by atoms with Crippen LogP contribution < -0.4 is 14.2 Å². The summed E-state index contributed by atoms with van der Waals surface area (Å²) in [6.45, 7) is 2.44. The van der Waals surface area contributed by atoms with Crippen LogP contribution >= 0.6 is 22.9 Å². The molecule has 0 unspecified atom stereocenters. The maximum absolute atomic E-state index is 6.50. The largest absolute Gasteiger partial charge is 0.493 e. The maximum Gasteiger partial charge on any atom is 0.203 e. The Balaban J connectivity index is 2.01. The standard InChI is InChI=1S/C19H18ClNO3S/c1-4-24-18-15(22-2)10-12(11-16(18)23-3)9-13(20)19-21-14-7-5-6-8-17(14)25-19/h5-11H,4H2,1-3H3/b13-9+. The van der Waals surface area contributed by atoms with Crippen molar-refractivity contribution in [3.05, 3.63) is 47.0 Å². The molecule has 1 aromatic heterocycles. The summed E-state index contributed by atoms with van der Waals surface area (Å²) in [5.74, 6) is 1.78. The van der Waals surface area contributed by atoms with Crippen molar-refractivity contribution < 1.29 is 14.2 Å². The molecule has 25 heavy (non-hydrogen) atoms. The zero-order chi connectivity index (χ0) is 17.8. The van der Waals surface area contributed by atoms with Crippen molar-refractivity contribution in [2.24, 2.45) is 0 Å². The van der Waals surface area contributed by atoms with Crippen LogP contribution in [0.25, 0.3) is 21.3 Å². The van der Waals surface area contributed by atoms with E-state index in [4.69, 9.17) is 25.8 Å². The van der Waals surface area contributed by atoms with Crippen molar-refractivity contribution in [3.63, 3.8) is 0 Å². The van der Waals surface area contributed by atoms with E-state index >= 15 is 0 Å². The second-order valence-electron chi connectivity index (χ2n) is 5.17. The van der Waals surface area contributed by atoms with Crippen molar-refractivity contribution >= 4 is 44.3 Å². The zero-order valence-corrected chi connectivity index (χ0v) is 15.8. The summed E-state index contributed by atoms with van der Waals surface area (Å²) in [6.07, 6.45) is 1.85. The Bertz CT molecular complexity index is 862. The lowest BCUT2D eigenvalue weighted by molar-refractivity contribution is 0.288. The molecule has 0 saturated heterocycles. The first-order valence-corrected chi connectivity index (χ1v) is 8.97. The minimum Gasteiger partial charge on any atom is -0.493 e. The Morgan fingerprint density at radius 2 is 1.84 bits per heavy atom. The molecule has 0 N–H and O–H groups in total. The van der Waals surface area contributed by atoms with Crippen LogP contribution in [0.15, 0.2) is 36.4 Å². The second kappa shape index (κ2) is 7.76. The Morgan fingerprint density at radius 3 is 2.44 bits per heavy atom. The van der Waals surface area contributed by atoms with Gasteiger partial charge in [0.2, 0.25) is 5.75 Å². The highest BCUT2D eigenvalue weighted by Crippen LogP contribution is 2.40. The van der Waals surface area contributed by atoms with Crippen molar-refractivity contribution in [1.29, 1.82) is 0 Å². The highest BCUT2D eigenvalue weighted by Gasteiger charge is 2.14. The molecule has 0 spiro atoms. The number of fused-ring (bicyclic) bond motifs is 1. The minimum absolute atomic E-state index is 0.522. The lowest BCUT2D eigenvalue weighted by Crippen LogP contribution is -1.99. The third-order valence-corrected chi connectivity index (χ3v) is 5.03. The molecule has 3 rings (SSSR count). The van der Waals surface area contributed by atoms with Gasteiger partial charge in [-0.3, -0.25) is 0 Å². The normalized spacial score (nSPS) is 11.6. The summed E-state index contributed by atoms with van der Waals surface area (Å²) in [5.41, 5.74) is 1.79. The molecular formula is C19H18ClNO3S. The lowest BCUT2D eigenvalue weighted by atomic mass is 10.1. The quantitative estimate of drug-likeness (QED) is 0.574. The summed E-state index contributed by atoms with van der Waals surface area (Å²) in [5, 5.41) is 1.34. The molecular weight excluding hydrogens is 358 g/mol. The predicted octanol–water partition coefficient (Wildman–Crippen LogP) is 5.45. The first-order valence-electron chi connectivity index (χ1n) is 7.78. The Labute approximate surface area is 155 Å². The van der Waals surface area contributed by atoms with Gasteiger partial charge < -0.3 is 14.2 Å². The SMILES string of the molecule is CCOc1c(OC)cc(/C=C(/Cl)c2nc3ccccc3s2)cc1OC. The number of ether oxygens (including phenoxy) is 3. The fraction of sp³-hybridized carbons (Fsp3) is 0.211. The number of halogens is 1. The maximum atomic E-state index is 6.50. The number of thiazole rings is 1. The summed E-state index contributed by atoms with van der Waals surface area (Å²) in [4.78, 5) is 4.57. The van der Waals surface area contributed by atoms with Crippen LogP contribution in [0.3, 0.4) is 0 Å². The molecule has 2 aromatic carbocycles. The van der Waals surface area contributed by atoms with E-state index in [-0.39, 0.29) is 0 Å². The number of aromatic nitrogens is 1. The van der Waals surface area contributed by atoms with E-state index in [0.717, 1.165) is 20.8 Å². The summed E-state index contributed by atoms with van der Waals surface area (Å²) >= 11 is 8.06. The van der Waals surface area contributed by atoms with Crippen LogP contribution in [-0.4, -0.2) is 25.8 Å². The lowest BCUT2D eigenvalue weighted by Gasteiger charge is -2.14. The van der Waals surface area contributed by atoms with Gasteiger partial charge in [-0.25, -0.2) is 4.98 Å². The third kappa shape index (κ3) is 3.72. The van der Waals surface area contributed by atoms with E-state index in [1.165, 1.54) is 0 Å². The van der Waals surface area contributed by atoms with E-state index in [9.17, 15) is 0 Å². The Hall–Kier alpha value is -2.24. The summed E-state index contributed by atoms with van der Waals surface area (Å²) in [7, 11) is 3.19. The number of nitrogens with zero attached hydrogens (tertiary/aromatic N) is 1. The molecule has 130 valence electrons. The van der Waals surface area contributed by atoms with Crippen molar-refractivity contribution in [3.8, 4) is 17.2 Å². The highest BCUT2D eigenvalue weighted by molar-refractivity contribution is 7.20. The van der Waals surface area contributed by atoms with Crippen LogP contribution in [0, 0.1) is 0 Å². The van der Waals surface area contributed by atoms with Crippen molar-refractivity contribution in [1.82, 2.24) is 4.98 Å². The van der Waals surface area contributed by atoms with Gasteiger partial charge in [-0.05, 0) is 42.8 Å². The molecule has 0 radical (unpaired) electrons. The van der Waals surface area contributed by atoms with Gasteiger partial charge in [0.25, 0.3) is 0 Å². The van der Waals surface area contributed by atoms with E-state index in [0.29, 0.717) is 28.9 Å². The topological polar surface area (TPSA) is 40.6 Å².